The summed E-state index contributed by atoms with van der Waals surface area (Å²) in [6.07, 6.45) is 2.51. The Morgan fingerprint density at radius 3 is 2.93 bits per heavy atom. The quantitative estimate of drug-likeness (QED) is 0.644. The minimum absolute atomic E-state index is 0.179. The van der Waals surface area contributed by atoms with Crippen molar-refractivity contribution in [2.75, 3.05) is 19.6 Å². The second kappa shape index (κ2) is 5.18. The molecule has 0 aliphatic carbocycles. The van der Waals surface area contributed by atoms with Gasteiger partial charge in [0, 0.05) is 0 Å². The highest BCUT2D eigenvalue weighted by molar-refractivity contribution is 4.86. The number of rotatable bonds is 4. The van der Waals surface area contributed by atoms with Crippen LogP contribution < -0.4 is 10.6 Å². The van der Waals surface area contributed by atoms with Gasteiger partial charge in [0.15, 0.2) is 5.82 Å². The smallest absolute Gasteiger partial charge is 0.191 e. The summed E-state index contributed by atoms with van der Waals surface area (Å²) < 4.78 is 0. The van der Waals surface area contributed by atoms with Gasteiger partial charge in [-0.2, -0.15) is 5.21 Å². The van der Waals surface area contributed by atoms with Crippen LogP contribution in [0.25, 0.3) is 0 Å². The normalized spacial score (nSPS) is 20.3. The van der Waals surface area contributed by atoms with Crippen LogP contribution in [-0.4, -0.2) is 40.3 Å². The van der Waals surface area contributed by atoms with Gasteiger partial charge >= 0.3 is 0 Å². The average molecular weight is 210 g/mol. The molecule has 0 amide bonds. The highest BCUT2D eigenvalue weighted by atomic mass is 15.5. The molecule has 1 aromatic heterocycles. The number of aromatic amines is 1. The number of tetrazole rings is 1. The van der Waals surface area contributed by atoms with Crippen molar-refractivity contribution in [1.82, 2.24) is 31.3 Å². The lowest BCUT2D eigenvalue weighted by atomic mass is 9.98. The molecule has 1 unspecified atom stereocenters. The first-order valence-electron chi connectivity index (χ1n) is 5.53. The summed E-state index contributed by atoms with van der Waals surface area (Å²) in [4.78, 5) is 0. The van der Waals surface area contributed by atoms with Crippen molar-refractivity contribution in [3.05, 3.63) is 5.82 Å². The monoisotopic (exact) mass is 210 g/mol. The van der Waals surface area contributed by atoms with Crippen molar-refractivity contribution in [2.45, 2.75) is 25.8 Å². The van der Waals surface area contributed by atoms with Crippen molar-refractivity contribution in [1.29, 1.82) is 0 Å². The maximum Gasteiger partial charge on any atom is 0.191 e. The number of H-pyrrole nitrogens is 1. The van der Waals surface area contributed by atoms with Crippen LogP contribution in [0.5, 0.6) is 0 Å². The predicted octanol–water partition coefficient (Wildman–Crippen LogP) is -0.150. The van der Waals surface area contributed by atoms with Crippen molar-refractivity contribution in [2.24, 2.45) is 5.92 Å². The molecular weight excluding hydrogens is 192 g/mol. The molecule has 6 nitrogen and oxygen atoms in total. The van der Waals surface area contributed by atoms with Crippen LogP contribution in [0.15, 0.2) is 0 Å². The number of nitrogens with one attached hydrogen (secondary N) is 3. The van der Waals surface area contributed by atoms with Crippen LogP contribution >= 0.6 is 0 Å². The molecule has 0 bridgehead atoms. The first kappa shape index (κ1) is 10.5. The molecule has 0 saturated carbocycles. The number of hydrogen-bond donors (Lipinski definition) is 3. The third-order valence-electron chi connectivity index (χ3n) is 2.92. The van der Waals surface area contributed by atoms with Gasteiger partial charge in [0.25, 0.3) is 0 Å². The fraction of sp³-hybridized carbons (Fsp3) is 0.889. The Balaban J connectivity index is 1.73. The molecule has 1 saturated heterocycles. The highest BCUT2D eigenvalue weighted by Gasteiger charge is 2.15. The standard InChI is InChI=1S/C9H18N6/c1-7(9-12-14-15-13-9)11-6-8-2-4-10-5-3-8/h7-8,10-11H,2-6H2,1H3,(H,12,13,14,15). The van der Waals surface area contributed by atoms with Crippen molar-refractivity contribution in [3.8, 4) is 0 Å². The van der Waals surface area contributed by atoms with Gasteiger partial charge in [-0.25, -0.2) is 0 Å². The van der Waals surface area contributed by atoms with Gasteiger partial charge < -0.3 is 10.6 Å². The molecule has 0 radical (unpaired) electrons. The van der Waals surface area contributed by atoms with Crippen LogP contribution in [0.3, 0.4) is 0 Å². The molecule has 1 fully saturated rings. The third-order valence-corrected chi connectivity index (χ3v) is 2.92. The van der Waals surface area contributed by atoms with E-state index < -0.39 is 0 Å². The Morgan fingerprint density at radius 2 is 2.27 bits per heavy atom. The van der Waals surface area contributed by atoms with E-state index in [1.165, 1.54) is 12.8 Å². The van der Waals surface area contributed by atoms with Crippen LogP contribution in [0.2, 0.25) is 0 Å². The van der Waals surface area contributed by atoms with Crippen LogP contribution in [0.4, 0.5) is 0 Å². The highest BCUT2D eigenvalue weighted by Crippen LogP contribution is 2.12. The van der Waals surface area contributed by atoms with E-state index in [9.17, 15) is 0 Å². The summed E-state index contributed by atoms with van der Waals surface area (Å²) in [7, 11) is 0. The first-order valence-corrected chi connectivity index (χ1v) is 5.53. The molecule has 1 aliphatic heterocycles. The molecule has 15 heavy (non-hydrogen) atoms. The van der Waals surface area contributed by atoms with E-state index in [-0.39, 0.29) is 6.04 Å². The Morgan fingerprint density at radius 1 is 1.47 bits per heavy atom. The number of nitrogens with zero attached hydrogens (tertiary/aromatic N) is 3. The summed E-state index contributed by atoms with van der Waals surface area (Å²) in [5.41, 5.74) is 0. The Labute approximate surface area is 89.2 Å². The number of hydrogen-bond acceptors (Lipinski definition) is 5. The lowest BCUT2D eigenvalue weighted by Crippen LogP contribution is -2.34. The molecule has 1 aliphatic rings. The van der Waals surface area contributed by atoms with Gasteiger partial charge in [-0.05, 0) is 45.3 Å². The second-order valence-electron chi connectivity index (χ2n) is 4.09. The largest absolute Gasteiger partial charge is 0.317 e. The molecule has 1 atom stereocenters. The van der Waals surface area contributed by atoms with E-state index in [0.29, 0.717) is 0 Å². The first-order chi connectivity index (χ1) is 7.36. The molecule has 1 aromatic rings. The summed E-state index contributed by atoms with van der Waals surface area (Å²) in [5.74, 6) is 1.52. The number of piperidine rings is 1. The Bertz CT molecular complexity index is 266. The Hall–Kier alpha value is -1.01. The molecule has 3 N–H and O–H groups in total. The Kier molecular flexibility index (Phi) is 3.63. The minimum Gasteiger partial charge on any atom is -0.317 e. The lowest BCUT2D eigenvalue weighted by molar-refractivity contribution is 0.342. The molecule has 0 spiro atoms. The fourth-order valence-electron chi connectivity index (χ4n) is 1.87. The van der Waals surface area contributed by atoms with Gasteiger partial charge in [-0.1, -0.05) is 5.21 Å². The maximum atomic E-state index is 3.96. The zero-order valence-electron chi connectivity index (χ0n) is 9.03. The molecule has 0 aromatic carbocycles. The topological polar surface area (TPSA) is 78.5 Å². The van der Waals surface area contributed by atoms with Crippen LogP contribution in [0.1, 0.15) is 31.6 Å². The molecule has 84 valence electrons. The molecule has 2 rings (SSSR count). The second-order valence-corrected chi connectivity index (χ2v) is 4.09. The minimum atomic E-state index is 0.179. The molecule has 6 heteroatoms. The molecule has 2 heterocycles. The summed E-state index contributed by atoms with van der Waals surface area (Å²) >= 11 is 0. The van der Waals surface area contributed by atoms with Crippen LogP contribution in [-0.2, 0) is 0 Å². The van der Waals surface area contributed by atoms with Crippen molar-refractivity contribution in [3.63, 3.8) is 0 Å². The van der Waals surface area contributed by atoms with E-state index >= 15 is 0 Å². The van der Waals surface area contributed by atoms with E-state index in [4.69, 9.17) is 0 Å². The lowest BCUT2D eigenvalue weighted by Gasteiger charge is -2.23. The SMILES string of the molecule is CC(NCC1CCNCC1)c1nn[nH]n1. The predicted molar refractivity (Wildman–Crippen MR) is 56.2 cm³/mol. The number of aromatic nitrogens is 4. The van der Waals surface area contributed by atoms with Gasteiger partial charge in [0.05, 0.1) is 6.04 Å². The summed E-state index contributed by atoms with van der Waals surface area (Å²) in [5, 5.41) is 20.7. The molecular formula is C9H18N6. The van der Waals surface area contributed by atoms with Gasteiger partial charge in [0.2, 0.25) is 0 Å². The van der Waals surface area contributed by atoms with Crippen molar-refractivity contribution < 1.29 is 0 Å². The van der Waals surface area contributed by atoms with Gasteiger partial charge in [0.1, 0.15) is 0 Å². The van der Waals surface area contributed by atoms with Crippen LogP contribution in [0, 0.1) is 5.92 Å². The third kappa shape index (κ3) is 2.97. The van der Waals surface area contributed by atoms with E-state index in [0.717, 1.165) is 31.4 Å². The fourth-order valence-corrected chi connectivity index (χ4v) is 1.87. The zero-order valence-corrected chi connectivity index (χ0v) is 9.03. The van der Waals surface area contributed by atoms with Gasteiger partial charge in [-0.15, -0.1) is 10.2 Å². The van der Waals surface area contributed by atoms with E-state index in [1.54, 1.807) is 0 Å². The summed E-state index contributed by atoms with van der Waals surface area (Å²) in [6.45, 7) is 5.38. The van der Waals surface area contributed by atoms with Crippen molar-refractivity contribution >= 4 is 0 Å². The summed E-state index contributed by atoms with van der Waals surface area (Å²) in [6, 6.07) is 0.179. The van der Waals surface area contributed by atoms with E-state index in [2.05, 4.69) is 38.2 Å². The maximum absolute atomic E-state index is 3.96. The van der Waals surface area contributed by atoms with E-state index in [1.807, 2.05) is 0 Å². The van der Waals surface area contributed by atoms with Gasteiger partial charge in [-0.3, -0.25) is 0 Å². The zero-order chi connectivity index (χ0) is 10.5. The average Bonchev–Trinajstić information content (AvgIpc) is 2.81.